The molecule has 1 aromatic heterocycles. The molecule has 5 nitrogen and oxygen atoms in total. The van der Waals surface area contributed by atoms with Crippen molar-refractivity contribution in [2.45, 2.75) is 25.8 Å². The number of nitrogens with zero attached hydrogens (tertiary/aromatic N) is 2. The van der Waals surface area contributed by atoms with Gasteiger partial charge in [-0.15, -0.1) is 0 Å². The first-order valence-electron chi connectivity index (χ1n) is 6.73. The highest BCUT2D eigenvalue weighted by Gasteiger charge is 2.27. The standard InChI is InChI=1S/C14H18N4O/c1-2-18-8-4-7-11(18)14-16-10-6-3-5-9(13(15)19)12(10)17-14/h3,5-6,11H,2,4,7-8H2,1H3,(H2,15,19)(H,16,17). The molecule has 1 saturated heterocycles. The van der Waals surface area contributed by atoms with Gasteiger partial charge in [0.25, 0.3) is 5.91 Å². The van der Waals surface area contributed by atoms with E-state index in [-0.39, 0.29) is 0 Å². The Hall–Kier alpha value is -1.88. The second-order valence-corrected chi connectivity index (χ2v) is 4.97. The van der Waals surface area contributed by atoms with Crippen LogP contribution < -0.4 is 5.73 Å². The summed E-state index contributed by atoms with van der Waals surface area (Å²) in [6, 6.07) is 5.82. The smallest absolute Gasteiger partial charge is 0.250 e. The summed E-state index contributed by atoms with van der Waals surface area (Å²) in [4.78, 5) is 21.8. The Balaban J connectivity index is 2.06. The van der Waals surface area contributed by atoms with Crippen LogP contribution in [0.3, 0.4) is 0 Å². The summed E-state index contributed by atoms with van der Waals surface area (Å²) in [5.41, 5.74) is 7.45. The minimum absolute atomic E-state index is 0.332. The fraction of sp³-hybridized carbons (Fsp3) is 0.429. The lowest BCUT2D eigenvalue weighted by molar-refractivity contribution is 0.100. The molecule has 0 spiro atoms. The van der Waals surface area contributed by atoms with Crippen molar-refractivity contribution in [3.05, 3.63) is 29.6 Å². The summed E-state index contributed by atoms with van der Waals surface area (Å²) in [7, 11) is 0. The molecule has 2 aromatic rings. The summed E-state index contributed by atoms with van der Waals surface area (Å²) < 4.78 is 0. The van der Waals surface area contributed by atoms with Crippen molar-refractivity contribution in [1.29, 1.82) is 0 Å². The zero-order valence-electron chi connectivity index (χ0n) is 11.0. The maximum absolute atomic E-state index is 11.4. The van der Waals surface area contributed by atoms with Crippen molar-refractivity contribution in [3.63, 3.8) is 0 Å². The maximum Gasteiger partial charge on any atom is 0.250 e. The highest BCUT2D eigenvalue weighted by molar-refractivity contribution is 6.04. The minimum Gasteiger partial charge on any atom is -0.366 e. The molecule has 1 aliphatic rings. The number of fused-ring (bicyclic) bond motifs is 1. The van der Waals surface area contributed by atoms with Crippen LogP contribution in [0.1, 0.15) is 42.0 Å². The molecule has 1 unspecified atom stereocenters. The van der Waals surface area contributed by atoms with Crippen LogP contribution in [0.15, 0.2) is 18.2 Å². The number of carbonyl (C=O) groups excluding carboxylic acids is 1. The van der Waals surface area contributed by atoms with Crippen LogP contribution in [-0.2, 0) is 0 Å². The van der Waals surface area contributed by atoms with Gasteiger partial charge in [0.05, 0.1) is 17.1 Å². The van der Waals surface area contributed by atoms with E-state index in [2.05, 4.69) is 21.8 Å². The molecular formula is C14H18N4O. The summed E-state index contributed by atoms with van der Waals surface area (Å²) in [6.07, 6.45) is 2.30. The number of benzene rings is 1. The number of aromatic nitrogens is 2. The molecule has 100 valence electrons. The Morgan fingerprint density at radius 2 is 2.42 bits per heavy atom. The Bertz CT molecular complexity index is 619. The van der Waals surface area contributed by atoms with Crippen molar-refractivity contribution in [2.24, 2.45) is 5.73 Å². The van der Waals surface area contributed by atoms with Gasteiger partial charge in [-0.3, -0.25) is 9.69 Å². The molecule has 1 aliphatic heterocycles. The molecule has 0 aliphatic carbocycles. The molecule has 5 heteroatoms. The first-order chi connectivity index (χ1) is 9.20. The van der Waals surface area contributed by atoms with E-state index in [4.69, 9.17) is 5.73 Å². The Labute approximate surface area is 111 Å². The Morgan fingerprint density at radius 1 is 1.58 bits per heavy atom. The molecule has 0 bridgehead atoms. The van der Waals surface area contributed by atoms with Crippen molar-refractivity contribution in [2.75, 3.05) is 13.1 Å². The molecular weight excluding hydrogens is 240 g/mol. The predicted molar refractivity (Wildman–Crippen MR) is 73.8 cm³/mol. The van der Waals surface area contributed by atoms with Gasteiger partial charge in [-0.05, 0) is 38.1 Å². The Kier molecular flexibility index (Phi) is 2.98. The first kappa shape index (κ1) is 12.2. The van der Waals surface area contributed by atoms with Gasteiger partial charge >= 0.3 is 0 Å². The fourth-order valence-corrected chi connectivity index (χ4v) is 2.92. The van der Waals surface area contributed by atoms with E-state index in [1.807, 2.05) is 12.1 Å². The quantitative estimate of drug-likeness (QED) is 0.881. The Morgan fingerprint density at radius 3 is 3.16 bits per heavy atom. The summed E-state index contributed by atoms with van der Waals surface area (Å²) in [5, 5.41) is 0. The first-order valence-corrected chi connectivity index (χ1v) is 6.73. The number of hydrogen-bond acceptors (Lipinski definition) is 3. The van der Waals surface area contributed by atoms with Crippen LogP contribution in [0, 0.1) is 0 Å². The minimum atomic E-state index is -0.428. The highest BCUT2D eigenvalue weighted by Crippen LogP contribution is 2.31. The van der Waals surface area contributed by atoms with Gasteiger partial charge in [0.1, 0.15) is 11.3 Å². The average Bonchev–Trinajstić information content (AvgIpc) is 3.03. The topological polar surface area (TPSA) is 75.0 Å². The number of para-hydroxylation sites is 1. The third-order valence-corrected chi connectivity index (χ3v) is 3.88. The molecule has 3 rings (SSSR count). The number of hydrogen-bond donors (Lipinski definition) is 2. The van der Waals surface area contributed by atoms with Crippen LogP contribution in [-0.4, -0.2) is 33.9 Å². The van der Waals surface area contributed by atoms with Crippen LogP contribution >= 0.6 is 0 Å². The number of primary amides is 1. The monoisotopic (exact) mass is 258 g/mol. The van der Waals surface area contributed by atoms with Gasteiger partial charge in [0.2, 0.25) is 0 Å². The molecule has 19 heavy (non-hydrogen) atoms. The van der Waals surface area contributed by atoms with Crippen molar-refractivity contribution >= 4 is 16.9 Å². The second-order valence-electron chi connectivity index (χ2n) is 4.97. The normalized spacial score (nSPS) is 20.2. The summed E-state index contributed by atoms with van der Waals surface area (Å²) in [6.45, 7) is 4.29. The largest absolute Gasteiger partial charge is 0.366 e. The molecule has 2 heterocycles. The molecule has 1 atom stereocenters. The molecule has 0 radical (unpaired) electrons. The number of aromatic amines is 1. The van der Waals surface area contributed by atoms with Gasteiger partial charge in [-0.25, -0.2) is 4.98 Å². The van der Waals surface area contributed by atoms with Crippen LogP contribution in [0.2, 0.25) is 0 Å². The average molecular weight is 258 g/mol. The second kappa shape index (κ2) is 4.66. The highest BCUT2D eigenvalue weighted by atomic mass is 16.1. The van der Waals surface area contributed by atoms with Gasteiger partial charge in [-0.2, -0.15) is 0 Å². The predicted octanol–water partition coefficient (Wildman–Crippen LogP) is 1.82. The molecule has 1 aromatic carbocycles. The number of amides is 1. The van der Waals surface area contributed by atoms with E-state index in [9.17, 15) is 4.79 Å². The van der Waals surface area contributed by atoms with E-state index >= 15 is 0 Å². The third kappa shape index (κ3) is 2.00. The van der Waals surface area contributed by atoms with Crippen LogP contribution in [0.4, 0.5) is 0 Å². The number of carbonyl (C=O) groups is 1. The van der Waals surface area contributed by atoms with Gasteiger partial charge in [-0.1, -0.05) is 13.0 Å². The fourth-order valence-electron chi connectivity index (χ4n) is 2.92. The van der Waals surface area contributed by atoms with Crippen LogP contribution in [0.5, 0.6) is 0 Å². The number of likely N-dealkylation sites (tertiary alicyclic amines) is 1. The van der Waals surface area contributed by atoms with E-state index in [0.29, 0.717) is 17.1 Å². The number of nitrogens with one attached hydrogen (secondary N) is 1. The zero-order valence-corrected chi connectivity index (χ0v) is 11.0. The number of rotatable bonds is 3. The lowest BCUT2D eigenvalue weighted by atomic mass is 10.2. The molecule has 0 saturated carbocycles. The van der Waals surface area contributed by atoms with Gasteiger partial charge < -0.3 is 10.7 Å². The van der Waals surface area contributed by atoms with Crippen molar-refractivity contribution < 1.29 is 4.79 Å². The maximum atomic E-state index is 11.4. The number of H-pyrrole nitrogens is 1. The number of nitrogens with two attached hydrogens (primary N) is 1. The van der Waals surface area contributed by atoms with E-state index in [0.717, 1.165) is 30.9 Å². The van der Waals surface area contributed by atoms with Crippen molar-refractivity contribution in [1.82, 2.24) is 14.9 Å². The lowest BCUT2D eigenvalue weighted by Crippen LogP contribution is -2.23. The van der Waals surface area contributed by atoms with Gasteiger partial charge in [0, 0.05) is 0 Å². The van der Waals surface area contributed by atoms with E-state index < -0.39 is 5.91 Å². The summed E-state index contributed by atoms with van der Waals surface area (Å²) >= 11 is 0. The van der Waals surface area contributed by atoms with E-state index in [1.165, 1.54) is 6.42 Å². The van der Waals surface area contributed by atoms with E-state index in [1.54, 1.807) is 6.07 Å². The number of imidazole rings is 1. The molecule has 3 N–H and O–H groups in total. The molecule has 1 amide bonds. The van der Waals surface area contributed by atoms with Gasteiger partial charge in [0.15, 0.2) is 0 Å². The SMILES string of the molecule is CCN1CCCC1c1nc2c(C(N)=O)cccc2[nH]1. The third-order valence-electron chi connectivity index (χ3n) is 3.88. The van der Waals surface area contributed by atoms with Crippen LogP contribution in [0.25, 0.3) is 11.0 Å². The van der Waals surface area contributed by atoms with Crippen molar-refractivity contribution in [3.8, 4) is 0 Å². The lowest BCUT2D eigenvalue weighted by Gasteiger charge is -2.20. The molecule has 1 fully saturated rings. The summed E-state index contributed by atoms with van der Waals surface area (Å²) in [5.74, 6) is 0.519. The zero-order chi connectivity index (χ0) is 13.4.